The van der Waals surface area contributed by atoms with E-state index < -0.39 is 0 Å². The minimum absolute atomic E-state index is 0.192. The van der Waals surface area contributed by atoms with E-state index in [9.17, 15) is 4.79 Å². The average molecular weight is 318 g/mol. The molecule has 0 radical (unpaired) electrons. The number of rotatable bonds is 3. The van der Waals surface area contributed by atoms with Crippen molar-refractivity contribution in [2.75, 3.05) is 7.11 Å². The molecule has 0 saturated heterocycles. The first-order valence-electron chi connectivity index (χ1n) is 7.44. The molecule has 0 aliphatic carbocycles. The third-order valence-electron chi connectivity index (χ3n) is 3.82. The number of fused-ring (bicyclic) bond motifs is 1. The van der Waals surface area contributed by atoms with Crippen molar-refractivity contribution in [2.24, 2.45) is 0 Å². The summed E-state index contributed by atoms with van der Waals surface area (Å²) >= 11 is 0. The number of aromatic amines is 1. The largest absolute Gasteiger partial charge is 0.496 e. The third-order valence-corrected chi connectivity index (χ3v) is 3.82. The summed E-state index contributed by atoms with van der Waals surface area (Å²) in [6, 6.07) is 14.6. The molecular weight excluding hydrogens is 304 g/mol. The summed E-state index contributed by atoms with van der Waals surface area (Å²) in [6.07, 6.45) is 3.44. The van der Waals surface area contributed by atoms with Crippen LogP contribution < -0.4 is 10.3 Å². The molecule has 0 spiro atoms. The molecule has 4 rings (SSSR count). The average Bonchev–Trinajstić information content (AvgIpc) is 3.07. The van der Waals surface area contributed by atoms with Gasteiger partial charge in [-0.15, -0.1) is 0 Å². The Morgan fingerprint density at radius 3 is 2.67 bits per heavy atom. The van der Waals surface area contributed by atoms with Gasteiger partial charge in [0.1, 0.15) is 5.75 Å². The molecule has 0 atom stereocenters. The summed E-state index contributed by atoms with van der Waals surface area (Å²) in [6.45, 7) is 0. The van der Waals surface area contributed by atoms with Crippen LogP contribution in [0.25, 0.3) is 28.2 Å². The molecule has 6 nitrogen and oxygen atoms in total. The molecule has 24 heavy (non-hydrogen) atoms. The van der Waals surface area contributed by atoms with E-state index in [-0.39, 0.29) is 5.56 Å². The van der Waals surface area contributed by atoms with E-state index in [4.69, 9.17) is 4.74 Å². The molecule has 0 aliphatic rings. The van der Waals surface area contributed by atoms with Gasteiger partial charge < -0.3 is 4.74 Å². The highest BCUT2D eigenvalue weighted by molar-refractivity contribution is 5.77. The molecule has 1 aromatic carbocycles. The van der Waals surface area contributed by atoms with Crippen LogP contribution in [0.2, 0.25) is 0 Å². The Hall–Kier alpha value is -3.41. The van der Waals surface area contributed by atoms with Crippen molar-refractivity contribution in [3.8, 4) is 28.3 Å². The summed E-state index contributed by atoms with van der Waals surface area (Å²) in [7, 11) is 1.60. The van der Waals surface area contributed by atoms with E-state index in [0.717, 1.165) is 16.8 Å². The van der Waals surface area contributed by atoms with Gasteiger partial charge in [0, 0.05) is 24.0 Å². The number of hydrogen-bond acceptors (Lipinski definition) is 4. The Labute approximate surface area is 137 Å². The number of ether oxygens (including phenoxy) is 1. The van der Waals surface area contributed by atoms with Crippen LogP contribution in [-0.2, 0) is 0 Å². The first-order valence-corrected chi connectivity index (χ1v) is 7.44. The smallest absolute Gasteiger partial charge is 0.273 e. The van der Waals surface area contributed by atoms with Crippen molar-refractivity contribution < 1.29 is 4.74 Å². The van der Waals surface area contributed by atoms with E-state index in [1.54, 1.807) is 19.5 Å². The van der Waals surface area contributed by atoms with Gasteiger partial charge in [-0.05, 0) is 24.3 Å². The van der Waals surface area contributed by atoms with Crippen molar-refractivity contribution in [1.82, 2.24) is 19.6 Å². The number of para-hydroxylation sites is 1. The molecule has 0 unspecified atom stereocenters. The molecule has 0 bridgehead atoms. The van der Waals surface area contributed by atoms with E-state index in [1.807, 2.05) is 42.5 Å². The fraction of sp³-hybridized carbons (Fsp3) is 0.0556. The fourth-order valence-electron chi connectivity index (χ4n) is 2.69. The molecule has 0 amide bonds. The second-order valence-corrected chi connectivity index (χ2v) is 5.24. The number of hydrogen-bond donors (Lipinski definition) is 1. The summed E-state index contributed by atoms with van der Waals surface area (Å²) < 4.78 is 6.78. The molecule has 0 aliphatic heterocycles. The minimum atomic E-state index is -0.192. The van der Waals surface area contributed by atoms with E-state index in [2.05, 4.69) is 15.1 Å². The summed E-state index contributed by atoms with van der Waals surface area (Å²) in [4.78, 5) is 21.4. The van der Waals surface area contributed by atoms with Gasteiger partial charge >= 0.3 is 0 Å². The predicted octanol–water partition coefficient (Wildman–Crippen LogP) is 2.76. The SMILES string of the molecule is COc1ccccc1-c1cc(=O)n2[nH]cc(-c3ccccn3)c2n1. The van der Waals surface area contributed by atoms with Gasteiger partial charge in [-0.3, -0.25) is 14.9 Å². The summed E-state index contributed by atoms with van der Waals surface area (Å²) in [5.74, 6) is 0.670. The highest BCUT2D eigenvalue weighted by Gasteiger charge is 2.14. The van der Waals surface area contributed by atoms with Gasteiger partial charge in [0.05, 0.1) is 24.1 Å². The van der Waals surface area contributed by atoms with Gasteiger partial charge in [-0.25, -0.2) is 9.50 Å². The number of methoxy groups -OCH3 is 1. The molecule has 118 valence electrons. The maximum absolute atomic E-state index is 12.4. The number of pyridine rings is 1. The van der Waals surface area contributed by atoms with Crippen LogP contribution in [0.1, 0.15) is 0 Å². The second-order valence-electron chi connectivity index (χ2n) is 5.24. The maximum atomic E-state index is 12.4. The highest BCUT2D eigenvalue weighted by Crippen LogP contribution is 2.29. The quantitative estimate of drug-likeness (QED) is 0.630. The topological polar surface area (TPSA) is 72.3 Å². The van der Waals surface area contributed by atoms with Gasteiger partial charge in [-0.2, -0.15) is 0 Å². The van der Waals surface area contributed by atoms with Crippen LogP contribution in [0.4, 0.5) is 0 Å². The summed E-state index contributed by atoms with van der Waals surface area (Å²) in [5.41, 5.74) is 3.19. The van der Waals surface area contributed by atoms with E-state index in [0.29, 0.717) is 17.1 Å². The molecule has 0 saturated carbocycles. The fourth-order valence-corrected chi connectivity index (χ4v) is 2.69. The van der Waals surface area contributed by atoms with Crippen molar-refractivity contribution in [2.45, 2.75) is 0 Å². The predicted molar refractivity (Wildman–Crippen MR) is 91.0 cm³/mol. The number of nitrogens with zero attached hydrogens (tertiary/aromatic N) is 3. The second kappa shape index (κ2) is 5.66. The van der Waals surface area contributed by atoms with Crippen LogP contribution in [0, 0.1) is 0 Å². The first-order chi connectivity index (χ1) is 11.8. The Morgan fingerprint density at radius 2 is 1.88 bits per heavy atom. The number of H-pyrrole nitrogens is 1. The molecule has 1 N–H and O–H groups in total. The third kappa shape index (κ3) is 2.25. The standard InChI is InChI=1S/C18H14N4O2/c1-24-16-8-3-2-6-12(16)15-10-17(23)22-18(21-15)13(11-20-22)14-7-4-5-9-19-14/h2-11,20H,1H3. The number of benzene rings is 1. The van der Waals surface area contributed by atoms with E-state index >= 15 is 0 Å². The minimum Gasteiger partial charge on any atom is -0.496 e. The molecule has 6 heteroatoms. The monoisotopic (exact) mass is 318 g/mol. The van der Waals surface area contributed by atoms with Crippen molar-refractivity contribution >= 4 is 5.65 Å². The van der Waals surface area contributed by atoms with Crippen molar-refractivity contribution in [3.05, 3.63) is 71.3 Å². The van der Waals surface area contributed by atoms with Crippen molar-refractivity contribution in [3.63, 3.8) is 0 Å². The Morgan fingerprint density at radius 1 is 1.04 bits per heavy atom. The van der Waals surface area contributed by atoms with Gasteiger partial charge in [0.15, 0.2) is 5.65 Å². The Balaban J connectivity index is 1.98. The number of aromatic nitrogens is 4. The molecule has 3 heterocycles. The van der Waals surface area contributed by atoms with Crippen LogP contribution in [0.5, 0.6) is 5.75 Å². The van der Waals surface area contributed by atoms with Crippen LogP contribution >= 0.6 is 0 Å². The van der Waals surface area contributed by atoms with Crippen LogP contribution in [0.3, 0.4) is 0 Å². The lowest BCUT2D eigenvalue weighted by Crippen LogP contribution is -2.14. The van der Waals surface area contributed by atoms with Crippen LogP contribution in [0.15, 0.2) is 65.7 Å². The van der Waals surface area contributed by atoms with E-state index in [1.165, 1.54) is 10.6 Å². The summed E-state index contributed by atoms with van der Waals surface area (Å²) in [5, 5.41) is 2.93. The number of nitrogens with one attached hydrogen (secondary N) is 1. The molecule has 0 fully saturated rings. The Bertz CT molecular complexity index is 1070. The zero-order chi connectivity index (χ0) is 16.5. The maximum Gasteiger partial charge on any atom is 0.273 e. The lowest BCUT2D eigenvalue weighted by Gasteiger charge is -2.07. The van der Waals surface area contributed by atoms with Crippen LogP contribution in [-0.4, -0.2) is 26.7 Å². The first kappa shape index (κ1) is 14.2. The normalized spacial score (nSPS) is 10.9. The lowest BCUT2D eigenvalue weighted by molar-refractivity contribution is 0.416. The van der Waals surface area contributed by atoms with Gasteiger partial charge in [0.2, 0.25) is 0 Å². The zero-order valence-corrected chi connectivity index (χ0v) is 12.9. The molecular formula is C18H14N4O2. The lowest BCUT2D eigenvalue weighted by atomic mass is 10.1. The van der Waals surface area contributed by atoms with Crippen molar-refractivity contribution in [1.29, 1.82) is 0 Å². The molecule has 4 aromatic rings. The zero-order valence-electron chi connectivity index (χ0n) is 12.9. The van der Waals surface area contributed by atoms with Gasteiger partial charge in [-0.1, -0.05) is 18.2 Å². The van der Waals surface area contributed by atoms with Gasteiger partial charge in [0.25, 0.3) is 5.56 Å². The highest BCUT2D eigenvalue weighted by atomic mass is 16.5. The molecule has 3 aromatic heterocycles. The Kier molecular flexibility index (Phi) is 3.35.